The van der Waals surface area contributed by atoms with Crippen LogP contribution in [0.25, 0.3) is 6.08 Å². The number of amides is 3. The topological polar surface area (TPSA) is 153 Å². The Morgan fingerprint density at radius 3 is 2.34 bits per heavy atom. The van der Waals surface area contributed by atoms with Gasteiger partial charge in [0.1, 0.15) is 17.2 Å². The van der Waals surface area contributed by atoms with Gasteiger partial charge in [0.15, 0.2) is 0 Å². The highest BCUT2D eigenvalue weighted by Crippen LogP contribution is 2.33. The number of nitrogens with one attached hydrogen (secondary N) is 1. The van der Waals surface area contributed by atoms with Gasteiger partial charge in [0.05, 0.1) is 9.83 Å². The molecule has 0 aliphatic carbocycles. The van der Waals surface area contributed by atoms with Gasteiger partial charge >= 0.3 is 10.1 Å². The summed E-state index contributed by atoms with van der Waals surface area (Å²) in [6, 6.07) is 16.4. The minimum Gasteiger partial charge on any atom is -0.379 e. The van der Waals surface area contributed by atoms with Crippen molar-refractivity contribution in [3.05, 3.63) is 98.4 Å². The largest absolute Gasteiger partial charge is 0.379 e. The molecule has 0 bridgehead atoms. The fraction of sp³-hybridized carbons (Fsp3) is 0.179. The highest BCUT2D eigenvalue weighted by atomic mass is 32.2. The molecule has 3 aromatic carbocycles. The van der Waals surface area contributed by atoms with Crippen LogP contribution in [0.1, 0.15) is 36.5 Å². The number of hydrogen-bond acceptors (Lipinski definition) is 9. The molecule has 0 aromatic heterocycles. The molecule has 1 N–H and O–H groups in total. The molecule has 3 amide bonds. The van der Waals surface area contributed by atoms with Crippen LogP contribution in [-0.4, -0.2) is 41.8 Å². The van der Waals surface area contributed by atoms with Gasteiger partial charge in [-0.3, -0.25) is 29.4 Å². The lowest BCUT2D eigenvalue weighted by molar-refractivity contribution is -0.385. The maximum atomic E-state index is 12.8. The minimum absolute atomic E-state index is 0.0587. The van der Waals surface area contributed by atoms with E-state index < -0.39 is 38.6 Å². The van der Waals surface area contributed by atoms with E-state index >= 15 is 0 Å². The van der Waals surface area contributed by atoms with Crippen molar-refractivity contribution in [2.24, 2.45) is 0 Å². The smallest absolute Gasteiger partial charge is 0.339 e. The quantitative estimate of drug-likeness (QED) is 0.147. The molecular weight excluding hydrogens is 570 g/mol. The number of carbonyl (C=O) groups is 3. The summed E-state index contributed by atoms with van der Waals surface area (Å²) in [5.74, 6) is -0.873. The number of nitro benzene ring substituents is 1. The number of anilines is 1. The Bertz CT molecular complexity index is 1670. The van der Waals surface area contributed by atoms with E-state index in [1.54, 1.807) is 12.1 Å². The van der Waals surface area contributed by atoms with Gasteiger partial charge < -0.3 is 9.50 Å². The first kappa shape index (κ1) is 29.5. The van der Waals surface area contributed by atoms with Gasteiger partial charge in [-0.25, -0.2) is 0 Å². The molecular formula is C28H25N3O8S2. The van der Waals surface area contributed by atoms with Gasteiger partial charge in [0, 0.05) is 17.3 Å². The molecule has 212 valence electrons. The number of carbonyl (C=O) groups excluding carboxylic acids is 3. The van der Waals surface area contributed by atoms with Crippen molar-refractivity contribution in [3.63, 3.8) is 0 Å². The van der Waals surface area contributed by atoms with Gasteiger partial charge in [0.25, 0.3) is 16.8 Å². The van der Waals surface area contributed by atoms with E-state index in [4.69, 9.17) is 4.18 Å². The van der Waals surface area contributed by atoms with E-state index in [1.165, 1.54) is 49.4 Å². The molecule has 1 saturated heterocycles. The van der Waals surface area contributed by atoms with Gasteiger partial charge in [-0.15, -0.1) is 0 Å². The van der Waals surface area contributed by atoms with Crippen LogP contribution in [0.15, 0.2) is 76.5 Å². The average Bonchev–Trinajstić information content (AvgIpc) is 3.17. The summed E-state index contributed by atoms with van der Waals surface area (Å²) in [5.41, 5.74) is 2.09. The first-order valence-electron chi connectivity index (χ1n) is 12.3. The normalized spacial score (nSPS) is 14.5. The summed E-state index contributed by atoms with van der Waals surface area (Å²) in [6.07, 6.45) is 1.44. The number of nitro groups is 1. The van der Waals surface area contributed by atoms with Crippen LogP contribution in [-0.2, 0) is 19.7 Å². The number of hydrogen-bond donors (Lipinski definition) is 1. The lowest BCUT2D eigenvalue weighted by atomic mass is 10.0. The monoisotopic (exact) mass is 595 g/mol. The number of nitrogens with zero attached hydrogens (tertiary/aromatic N) is 2. The van der Waals surface area contributed by atoms with Crippen LogP contribution < -0.4 is 9.50 Å². The van der Waals surface area contributed by atoms with E-state index in [1.807, 2.05) is 12.1 Å². The fourth-order valence-corrected chi connectivity index (χ4v) is 5.61. The van der Waals surface area contributed by atoms with Crippen LogP contribution in [0.5, 0.6) is 5.75 Å². The number of imide groups is 1. The van der Waals surface area contributed by atoms with Crippen LogP contribution in [0.4, 0.5) is 16.2 Å². The minimum atomic E-state index is -4.35. The molecule has 1 heterocycles. The average molecular weight is 596 g/mol. The molecule has 11 nitrogen and oxygen atoms in total. The number of aryl methyl sites for hydroxylation is 1. The van der Waals surface area contributed by atoms with Gasteiger partial charge in [-0.05, 0) is 72.1 Å². The Morgan fingerprint density at radius 2 is 1.73 bits per heavy atom. The second kappa shape index (κ2) is 11.9. The van der Waals surface area contributed by atoms with E-state index in [9.17, 15) is 32.9 Å². The third-order valence-corrected chi connectivity index (χ3v) is 8.24. The van der Waals surface area contributed by atoms with Crippen LogP contribution in [0.3, 0.4) is 0 Å². The number of thioether (sulfide) groups is 1. The second-order valence-corrected chi connectivity index (χ2v) is 11.9. The van der Waals surface area contributed by atoms with E-state index in [0.717, 1.165) is 16.5 Å². The Balaban J connectivity index is 1.40. The van der Waals surface area contributed by atoms with Gasteiger partial charge in [-0.1, -0.05) is 44.2 Å². The van der Waals surface area contributed by atoms with Crippen LogP contribution in [0.2, 0.25) is 0 Å². The maximum absolute atomic E-state index is 12.8. The first-order chi connectivity index (χ1) is 19.3. The lowest BCUT2D eigenvalue weighted by Gasteiger charge is -2.13. The molecule has 1 aliphatic rings. The molecule has 0 atom stereocenters. The summed E-state index contributed by atoms with van der Waals surface area (Å²) in [4.78, 5) is 48.8. The second-order valence-electron chi connectivity index (χ2n) is 9.40. The van der Waals surface area contributed by atoms with Crippen molar-refractivity contribution < 1.29 is 31.9 Å². The summed E-state index contributed by atoms with van der Waals surface area (Å²) in [7, 11) is -4.35. The first-order valence-corrected chi connectivity index (χ1v) is 14.5. The highest BCUT2D eigenvalue weighted by Gasteiger charge is 2.36. The van der Waals surface area contributed by atoms with Crippen molar-refractivity contribution in [1.82, 2.24) is 4.90 Å². The summed E-state index contributed by atoms with van der Waals surface area (Å²) < 4.78 is 30.4. The van der Waals surface area contributed by atoms with Gasteiger partial charge in [0.2, 0.25) is 5.91 Å². The molecule has 41 heavy (non-hydrogen) atoms. The summed E-state index contributed by atoms with van der Waals surface area (Å²) in [5, 5.41) is 13.2. The fourth-order valence-electron chi connectivity index (χ4n) is 3.82. The predicted molar refractivity (Wildman–Crippen MR) is 154 cm³/mol. The zero-order valence-corrected chi connectivity index (χ0v) is 23.8. The molecule has 0 spiro atoms. The predicted octanol–water partition coefficient (Wildman–Crippen LogP) is 5.47. The van der Waals surface area contributed by atoms with Crippen LogP contribution >= 0.6 is 11.8 Å². The third-order valence-electron chi connectivity index (χ3n) is 6.09. The van der Waals surface area contributed by atoms with Crippen molar-refractivity contribution >= 4 is 56.4 Å². The zero-order chi connectivity index (χ0) is 29.9. The van der Waals surface area contributed by atoms with Crippen molar-refractivity contribution in [2.45, 2.75) is 31.6 Å². The Labute approximate surface area is 240 Å². The summed E-state index contributed by atoms with van der Waals surface area (Å²) >= 11 is 0.683. The standard InChI is InChI=1S/C28H25N3O8S2/c1-17(2)20-7-9-21(10-8-20)29-26(32)16-30-27(33)25(40-28(30)34)14-19-5-11-22(12-6-19)39-41(37,38)23-13-4-18(3)24(15-23)31(35)36/h4-15,17H,16H2,1-3H3,(H,29,32)/b25-14-. The Hall–Kier alpha value is -4.49. The van der Waals surface area contributed by atoms with Crippen molar-refractivity contribution in [2.75, 3.05) is 11.9 Å². The molecule has 1 aliphatic heterocycles. The van der Waals surface area contributed by atoms with Crippen LogP contribution in [0, 0.1) is 17.0 Å². The van der Waals surface area contributed by atoms with Crippen molar-refractivity contribution in [3.8, 4) is 5.75 Å². The van der Waals surface area contributed by atoms with E-state index in [0.29, 0.717) is 34.5 Å². The molecule has 0 radical (unpaired) electrons. The van der Waals surface area contributed by atoms with E-state index in [2.05, 4.69) is 19.2 Å². The third kappa shape index (κ3) is 6.99. The van der Waals surface area contributed by atoms with E-state index in [-0.39, 0.29) is 21.2 Å². The molecule has 0 unspecified atom stereocenters. The maximum Gasteiger partial charge on any atom is 0.339 e. The summed E-state index contributed by atoms with van der Waals surface area (Å²) in [6.45, 7) is 5.15. The number of rotatable bonds is 9. The molecule has 0 saturated carbocycles. The number of benzene rings is 3. The highest BCUT2D eigenvalue weighted by molar-refractivity contribution is 8.18. The lowest BCUT2D eigenvalue weighted by Crippen LogP contribution is -2.36. The Kier molecular flexibility index (Phi) is 8.59. The molecule has 13 heteroatoms. The Morgan fingerprint density at radius 1 is 1.07 bits per heavy atom. The molecule has 3 aromatic rings. The van der Waals surface area contributed by atoms with Gasteiger partial charge in [-0.2, -0.15) is 8.42 Å². The molecule has 1 fully saturated rings. The SMILES string of the molecule is Cc1ccc(S(=O)(=O)Oc2ccc(/C=C3\SC(=O)N(CC(=O)Nc4ccc(C(C)C)cc4)C3=O)cc2)cc1[N+](=O)[O-]. The zero-order valence-electron chi connectivity index (χ0n) is 22.2. The molecule has 4 rings (SSSR count). The van der Waals surface area contributed by atoms with Crippen molar-refractivity contribution in [1.29, 1.82) is 0 Å².